The third-order valence-corrected chi connectivity index (χ3v) is 5.02. The molecule has 1 N–H and O–H groups in total. The fourth-order valence-corrected chi connectivity index (χ4v) is 3.51. The number of fused-ring (bicyclic) bond motifs is 1. The summed E-state index contributed by atoms with van der Waals surface area (Å²) < 4.78 is 6.15. The van der Waals surface area contributed by atoms with Gasteiger partial charge in [0.05, 0.1) is 0 Å². The molecule has 1 aromatic heterocycles. The Hall–Kier alpha value is -2.99. The number of carbonyl (C=O) groups excluding carboxylic acids is 3. The Labute approximate surface area is 161 Å². The van der Waals surface area contributed by atoms with Gasteiger partial charge in [-0.05, 0) is 48.2 Å². The van der Waals surface area contributed by atoms with Crippen molar-refractivity contribution in [3.63, 3.8) is 0 Å². The highest BCUT2D eigenvalue weighted by Crippen LogP contribution is 2.25. The van der Waals surface area contributed by atoms with Gasteiger partial charge < -0.3 is 10.1 Å². The highest BCUT2D eigenvalue weighted by molar-refractivity contribution is 7.20. The van der Waals surface area contributed by atoms with Crippen molar-refractivity contribution in [1.29, 1.82) is 0 Å². The molecule has 0 aliphatic carbocycles. The molecule has 1 heterocycles. The van der Waals surface area contributed by atoms with Crippen molar-refractivity contribution in [1.82, 2.24) is 0 Å². The van der Waals surface area contributed by atoms with Gasteiger partial charge in [-0.2, -0.15) is 0 Å². The lowest BCUT2D eigenvalue weighted by Gasteiger charge is -2.06. The van der Waals surface area contributed by atoms with Crippen molar-refractivity contribution in [3.05, 3.63) is 65.0 Å². The summed E-state index contributed by atoms with van der Waals surface area (Å²) in [6.45, 7) is 1.61. The number of amides is 1. The molecule has 0 unspecified atom stereocenters. The molecule has 0 bridgehead atoms. The van der Waals surface area contributed by atoms with E-state index in [-0.39, 0.29) is 18.3 Å². The van der Waals surface area contributed by atoms with Gasteiger partial charge in [0.25, 0.3) is 0 Å². The van der Waals surface area contributed by atoms with Crippen molar-refractivity contribution in [2.24, 2.45) is 0 Å². The number of carbonyl (C=O) groups is 3. The lowest BCUT2D eigenvalue weighted by molar-refractivity contribution is -0.116. The van der Waals surface area contributed by atoms with Crippen LogP contribution in [0.1, 0.15) is 39.8 Å². The quantitative estimate of drug-likeness (QED) is 0.476. The molecular weight excluding hydrogens is 362 g/mol. The molecule has 3 aromatic rings. The molecular formula is C21H19NO4S. The Bertz CT molecular complexity index is 942. The number of ether oxygens (including phenoxy) is 1. The number of nitrogens with one attached hydrogen (secondary N) is 1. The monoisotopic (exact) mass is 381 g/mol. The molecule has 0 fully saturated rings. The molecule has 0 aliphatic rings. The number of hydrogen-bond acceptors (Lipinski definition) is 5. The largest absolute Gasteiger partial charge is 0.453 e. The van der Waals surface area contributed by atoms with Crippen LogP contribution in [0.2, 0.25) is 0 Å². The molecule has 6 heteroatoms. The average Bonchev–Trinajstić information content (AvgIpc) is 3.11. The molecule has 138 valence electrons. The predicted molar refractivity (Wildman–Crippen MR) is 106 cm³/mol. The number of anilines is 1. The molecule has 2 aromatic carbocycles. The summed E-state index contributed by atoms with van der Waals surface area (Å²) >= 11 is 1.34. The maximum absolute atomic E-state index is 12.2. The SMILES string of the molecule is CCCC(=O)Nc1ccc(C(=O)COC(=O)c2cc3ccccc3s2)cc1. The van der Waals surface area contributed by atoms with Crippen molar-refractivity contribution in [2.75, 3.05) is 11.9 Å². The van der Waals surface area contributed by atoms with E-state index in [9.17, 15) is 14.4 Å². The van der Waals surface area contributed by atoms with E-state index in [0.717, 1.165) is 16.5 Å². The molecule has 3 rings (SSSR count). The molecule has 0 atom stereocenters. The number of rotatable bonds is 7. The number of esters is 1. The van der Waals surface area contributed by atoms with Crippen LogP contribution in [0.15, 0.2) is 54.6 Å². The maximum atomic E-state index is 12.2. The standard InChI is InChI=1S/C21H19NO4S/c1-2-5-20(24)22-16-10-8-14(9-11-16)17(23)13-26-21(25)19-12-15-6-3-4-7-18(15)27-19/h3-4,6-12H,2,5,13H2,1H3,(H,22,24). The second kappa shape index (κ2) is 8.60. The van der Waals surface area contributed by atoms with Gasteiger partial charge in [-0.25, -0.2) is 4.79 Å². The van der Waals surface area contributed by atoms with Crippen LogP contribution < -0.4 is 5.32 Å². The lowest BCUT2D eigenvalue weighted by atomic mass is 10.1. The molecule has 0 radical (unpaired) electrons. The van der Waals surface area contributed by atoms with Gasteiger partial charge in [-0.15, -0.1) is 11.3 Å². The first-order valence-corrected chi connectivity index (χ1v) is 9.47. The summed E-state index contributed by atoms with van der Waals surface area (Å²) in [6, 6.07) is 16.0. The van der Waals surface area contributed by atoms with Crippen LogP contribution in [0.5, 0.6) is 0 Å². The lowest BCUT2D eigenvalue weighted by Crippen LogP contribution is -2.14. The van der Waals surface area contributed by atoms with Crippen molar-refractivity contribution in [2.45, 2.75) is 19.8 Å². The summed E-state index contributed by atoms with van der Waals surface area (Å²) in [5, 5.41) is 3.73. The number of hydrogen-bond donors (Lipinski definition) is 1. The zero-order valence-corrected chi connectivity index (χ0v) is 15.7. The van der Waals surface area contributed by atoms with Crippen LogP contribution in [-0.2, 0) is 9.53 Å². The highest BCUT2D eigenvalue weighted by atomic mass is 32.1. The number of ketones is 1. The minimum Gasteiger partial charge on any atom is -0.453 e. The zero-order chi connectivity index (χ0) is 19.2. The molecule has 0 aliphatic heterocycles. The van der Waals surface area contributed by atoms with Crippen LogP contribution in [0, 0.1) is 0 Å². The van der Waals surface area contributed by atoms with Gasteiger partial charge >= 0.3 is 5.97 Å². The Morgan fingerprint density at radius 2 is 1.78 bits per heavy atom. The van der Waals surface area contributed by atoms with Gasteiger partial charge in [0.15, 0.2) is 12.4 Å². The Kier molecular flexibility index (Phi) is 5.98. The second-order valence-electron chi connectivity index (χ2n) is 6.02. The molecule has 0 saturated heterocycles. The first kappa shape index (κ1) is 18.8. The van der Waals surface area contributed by atoms with E-state index in [1.165, 1.54) is 11.3 Å². The third kappa shape index (κ3) is 4.80. The maximum Gasteiger partial charge on any atom is 0.348 e. The van der Waals surface area contributed by atoms with Crippen LogP contribution >= 0.6 is 11.3 Å². The van der Waals surface area contributed by atoms with E-state index >= 15 is 0 Å². The van der Waals surface area contributed by atoms with E-state index in [1.807, 2.05) is 31.2 Å². The van der Waals surface area contributed by atoms with E-state index in [0.29, 0.717) is 22.5 Å². The van der Waals surface area contributed by atoms with Crippen LogP contribution in [-0.4, -0.2) is 24.3 Å². The molecule has 27 heavy (non-hydrogen) atoms. The van der Waals surface area contributed by atoms with Gasteiger partial charge in [-0.1, -0.05) is 25.1 Å². The smallest absolute Gasteiger partial charge is 0.348 e. The molecule has 1 amide bonds. The number of benzene rings is 2. The summed E-state index contributed by atoms with van der Waals surface area (Å²) in [5.41, 5.74) is 1.06. The van der Waals surface area contributed by atoms with Gasteiger partial charge in [0, 0.05) is 22.4 Å². The fourth-order valence-electron chi connectivity index (χ4n) is 2.56. The highest BCUT2D eigenvalue weighted by Gasteiger charge is 2.14. The van der Waals surface area contributed by atoms with E-state index < -0.39 is 5.97 Å². The van der Waals surface area contributed by atoms with Crippen molar-refractivity contribution >= 4 is 44.8 Å². The molecule has 0 spiro atoms. The fraction of sp³-hybridized carbons (Fsp3) is 0.190. The second-order valence-corrected chi connectivity index (χ2v) is 7.11. The van der Waals surface area contributed by atoms with Gasteiger partial charge in [0.1, 0.15) is 4.88 Å². The van der Waals surface area contributed by atoms with Crippen LogP contribution in [0.25, 0.3) is 10.1 Å². The molecule has 0 saturated carbocycles. The summed E-state index contributed by atoms with van der Waals surface area (Å²) in [5.74, 6) is -0.863. The Morgan fingerprint density at radius 3 is 2.48 bits per heavy atom. The average molecular weight is 381 g/mol. The third-order valence-electron chi connectivity index (χ3n) is 3.93. The summed E-state index contributed by atoms with van der Waals surface area (Å²) in [4.78, 5) is 36.4. The minimum absolute atomic E-state index is 0.0613. The van der Waals surface area contributed by atoms with Crippen LogP contribution in [0.4, 0.5) is 5.69 Å². The van der Waals surface area contributed by atoms with Crippen molar-refractivity contribution in [3.8, 4) is 0 Å². The van der Waals surface area contributed by atoms with Crippen LogP contribution in [0.3, 0.4) is 0 Å². The molecule has 5 nitrogen and oxygen atoms in total. The first-order valence-electron chi connectivity index (χ1n) is 8.65. The zero-order valence-electron chi connectivity index (χ0n) is 14.9. The van der Waals surface area contributed by atoms with E-state index in [2.05, 4.69) is 5.32 Å². The Balaban J connectivity index is 1.56. The number of Topliss-reactive ketones (excluding diaryl/α,β-unsaturated/α-hetero) is 1. The summed E-state index contributed by atoms with van der Waals surface area (Å²) in [7, 11) is 0. The number of thiophene rings is 1. The minimum atomic E-state index is -0.506. The predicted octanol–water partition coefficient (Wildman–Crippen LogP) is 4.68. The topological polar surface area (TPSA) is 72.5 Å². The van der Waals surface area contributed by atoms with E-state index in [4.69, 9.17) is 4.74 Å². The first-order chi connectivity index (χ1) is 13.1. The normalized spacial score (nSPS) is 10.6. The van der Waals surface area contributed by atoms with Gasteiger partial charge in [0.2, 0.25) is 5.91 Å². The Morgan fingerprint density at radius 1 is 1.04 bits per heavy atom. The van der Waals surface area contributed by atoms with Crippen molar-refractivity contribution < 1.29 is 19.1 Å². The van der Waals surface area contributed by atoms with E-state index in [1.54, 1.807) is 30.3 Å². The summed E-state index contributed by atoms with van der Waals surface area (Å²) in [6.07, 6.45) is 1.22. The van der Waals surface area contributed by atoms with Gasteiger partial charge in [-0.3, -0.25) is 9.59 Å².